The molecule has 0 aliphatic heterocycles. The summed E-state index contributed by atoms with van der Waals surface area (Å²) in [5, 5.41) is 10.6. The molecule has 0 atom stereocenters. The average molecular weight is 424 g/mol. The summed E-state index contributed by atoms with van der Waals surface area (Å²) < 4.78 is 16.1. The van der Waals surface area contributed by atoms with Crippen molar-refractivity contribution in [3.8, 4) is 11.4 Å². The highest BCUT2D eigenvalue weighted by molar-refractivity contribution is 6.08. The van der Waals surface area contributed by atoms with Crippen LogP contribution in [0, 0.1) is 6.92 Å². The molecule has 0 fully saturated rings. The number of anilines is 1. The van der Waals surface area contributed by atoms with Gasteiger partial charge in [-0.05, 0) is 37.3 Å². The molecule has 160 valence electrons. The summed E-state index contributed by atoms with van der Waals surface area (Å²) >= 11 is 0. The zero-order valence-electron chi connectivity index (χ0n) is 17.3. The number of esters is 2. The van der Waals surface area contributed by atoms with Gasteiger partial charge in [0.15, 0.2) is 5.69 Å². The number of hydrogen-bond donors (Lipinski definition) is 1. The Morgan fingerprint density at radius 1 is 0.968 bits per heavy atom. The van der Waals surface area contributed by atoms with Gasteiger partial charge in [0.25, 0.3) is 5.91 Å². The van der Waals surface area contributed by atoms with Gasteiger partial charge >= 0.3 is 11.9 Å². The summed E-state index contributed by atoms with van der Waals surface area (Å²) in [6.45, 7) is 1.68. The summed E-state index contributed by atoms with van der Waals surface area (Å²) in [6.07, 6.45) is 0. The van der Waals surface area contributed by atoms with Crippen LogP contribution in [0.5, 0.6) is 5.75 Å². The third-order valence-electron chi connectivity index (χ3n) is 4.50. The number of amides is 1. The van der Waals surface area contributed by atoms with Gasteiger partial charge in [-0.15, -0.1) is 5.10 Å². The van der Waals surface area contributed by atoms with Crippen LogP contribution in [0.25, 0.3) is 5.69 Å². The molecule has 0 aliphatic rings. The summed E-state index contributed by atoms with van der Waals surface area (Å²) in [5.74, 6) is -1.28. The second kappa shape index (κ2) is 9.08. The fourth-order valence-corrected chi connectivity index (χ4v) is 2.89. The number of hydrogen-bond acceptors (Lipinski definition) is 8. The van der Waals surface area contributed by atoms with Gasteiger partial charge in [0.2, 0.25) is 0 Å². The van der Waals surface area contributed by atoms with Crippen molar-refractivity contribution in [1.82, 2.24) is 15.0 Å². The number of ether oxygens (including phenoxy) is 3. The van der Waals surface area contributed by atoms with E-state index < -0.39 is 17.8 Å². The van der Waals surface area contributed by atoms with Crippen LogP contribution in [0.1, 0.15) is 36.9 Å². The third kappa shape index (κ3) is 4.37. The molecular weight excluding hydrogens is 404 g/mol. The van der Waals surface area contributed by atoms with E-state index in [0.717, 1.165) is 0 Å². The number of nitrogens with zero attached hydrogens (tertiary/aromatic N) is 3. The molecule has 2 aromatic carbocycles. The molecular formula is C21H20N4O6. The van der Waals surface area contributed by atoms with E-state index in [1.807, 2.05) is 0 Å². The van der Waals surface area contributed by atoms with E-state index in [0.29, 0.717) is 17.1 Å². The zero-order chi connectivity index (χ0) is 22.5. The molecule has 10 heteroatoms. The number of aromatic nitrogens is 3. The highest BCUT2D eigenvalue weighted by Gasteiger charge is 2.22. The van der Waals surface area contributed by atoms with Crippen LogP contribution >= 0.6 is 0 Å². The summed E-state index contributed by atoms with van der Waals surface area (Å²) in [7, 11) is 3.99. The Hall–Kier alpha value is -4.21. The minimum absolute atomic E-state index is 0.0436. The van der Waals surface area contributed by atoms with Gasteiger partial charge in [-0.3, -0.25) is 4.79 Å². The predicted octanol–water partition coefficient (Wildman–Crippen LogP) is 2.41. The Morgan fingerprint density at radius 3 is 2.39 bits per heavy atom. The molecule has 0 aliphatic carbocycles. The van der Waals surface area contributed by atoms with Gasteiger partial charge in [-0.2, -0.15) is 0 Å². The molecule has 10 nitrogen and oxygen atoms in total. The first-order valence-corrected chi connectivity index (χ1v) is 9.08. The number of carbonyl (C=O) groups is 3. The van der Waals surface area contributed by atoms with Gasteiger partial charge in [-0.25, -0.2) is 14.3 Å². The Bertz CT molecular complexity index is 1150. The van der Waals surface area contributed by atoms with Gasteiger partial charge < -0.3 is 19.5 Å². The second-order valence-electron chi connectivity index (χ2n) is 6.33. The molecule has 0 bridgehead atoms. The van der Waals surface area contributed by atoms with Crippen molar-refractivity contribution in [2.24, 2.45) is 0 Å². The maximum Gasteiger partial charge on any atom is 0.339 e. The van der Waals surface area contributed by atoms with Crippen molar-refractivity contribution in [1.29, 1.82) is 0 Å². The van der Waals surface area contributed by atoms with E-state index in [9.17, 15) is 14.4 Å². The van der Waals surface area contributed by atoms with E-state index >= 15 is 0 Å². The van der Waals surface area contributed by atoms with Gasteiger partial charge in [0.1, 0.15) is 5.75 Å². The molecule has 0 radical (unpaired) electrons. The van der Waals surface area contributed by atoms with Crippen LogP contribution in [0.4, 0.5) is 5.69 Å². The largest absolute Gasteiger partial charge is 0.497 e. The monoisotopic (exact) mass is 424 g/mol. The Balaban J connectivity index is 1.95. The molecule has 0 unspecified atom stereocenters. The molecule has 0 saturated heterocycles. The number of methoxy groups -OCH3 is 3. The first kappa shape index (κ1) is 21.5. The highest BCUT2D eigenvalue weighted by Crippen LogP contribution is 2.22. The molecule has 0 spiro atoms. The Labute approximate surface area is 177 Å². The maximum atomic E-state index is 12.9. The van der Waals surface area contributed by atoms with Crippen molar-refractivity contribution >= 4 is 23.5 Å². The summed E-state index contributed by atoms with van der Waals surface area (Å²) in [4.78, 5) is 36.8. The standard InChI is InChI=1S/C21H20N4O6/c1-12-18(23-24-25(12)14-6-5-7-15(11-14)29-2)19(26)22-17-10-13(20(27)30-3)8-9-16(17)21(28)31-4/h5-11H,1-4H3,(H,22,26). The van der Waals surface area contributed by atoms with Crippen LogP contribution in [0.3, 0.4) is 0 Å². The minimum Gasteiger partial charge on any atom is -0.497 e. The van der Waals surface area contributed by atoms with Crippen LogP contribution in [0.2, 0.25) is 0 Å². The van der Waals surface area contributed by atoms with E-state index in [2.05, 4.69) is 15.6 Å². The molecule has 1 amide bonds. The predicted molar refractivity (Wildman–Crippen MR) is 110 cm³/mol. The SMILES string of the molecule is COC(=O)c1ccc(C(=O)OC)c(NC(=O)c2nnn(-c3cccc(OC)c3)c2C)c1. The molecule has 0 saturated carbocycles. The second-order valence-corrected chi connectivity index (χ2v) is 6.33. The third-order valence-corrected chi connectivity index (χ3v) is 4.50. The van der Waals surface area contributed by atoms with Gasteiger partial charge in [-0.1, -0.05) is 11.3 Å². The number of nitrogens with one attached hydrogen (secondary N) is 1. The van der Waals surface area contributed by atoms with Crippen LogP contribution in [0.15, 0.2) is 42.5 Å². The number of benzene rings is 2. The smallest absolute Gasteiger partial charge is 0.339 e. The van der Waals surface area contributed by atoms with Crippen LogP contribution in [-0.4, -0.2) is 54.2 Å². The Morgan fingerprint density at radius 2 is 1.71 bits per heavy atom. The lowest BCUT2D eigenvalue weighted by Gasteiger charge is -2.11. The normalized spacial score (nSPS) is 10.3. The van der Waals surface area contributed by atoms with Crippen molar-refractivity contribution in [2.75, 3.05) is 26.6 Å². The van der Waals surface area contributed by atoms with Crippen molar-refractivity contribution in [3.63, 3.8) is 0 Å². The first-order chi connectivity index (χ1) is 14.9. The molecule has 1 aromatic heterocycles. The average Bonchev–Trinajstić information content (AvgIpc) is 3.19. The van der Waals surface area contributed by atoms with Crippen molar-refractivity contribution in [2.45, 2.75) is 6.92 Å². The maximum absolute atomic E-state index is 12.9. The van der Waals surface area contributed by atoms with E-state index in [-0.39, 0.29) is 22.5 Å². The fraction of sp³-hybridized carbons (Fsp3) is 0.190. The zero-order valence-corrected chi connectivity index (χ0v) is 17.3. The lowest BCUT2D eigenvalue weighted by Crippen LogP contribution is -2.18. The van der Waals surface area contributed by atoms with Crippen molar-refractivity contribution in [3.05, 3.63) is 65.0 Å². The Kier molecular flexibility index (Phi) is 6.29. The molecule has 1 heterocycles. The quantitative estimate of drug-likeness (QED) is 0.599. The number of rotatable bonds is 6. The molecule has 1 N–H and O–H groups in total. The van der Waals surface area contributed by atoms with Gasteiger partial charge in [0.05, 0.1) is 49.5 Å². The fourth-order valence-electron chi connectivity index (χ4n) is 2.89. The topological polar surface area (TPSA) is 122 Å². The lowest BCUT2D eigenvalue weighted by atomic mass is 10.1. The lowest BCUT2D eigenvalue weighted by molar-refractivity contribution is 0.0587. The molecule has 3 aromatic rings. The summed E-state index contributed by atoms with van der Waals surface area (Å²) in [6, 6.07) is 11.2. The van der Waals surface area contributed by atoms with E-state index in [4.69, 9.17) is 14.2 Å². The van der Waals surface area contributed by atoms with E-state index in [1.54, 1.807) is 38.3 Å². The minimum atomic E-state index is -0.677. The highest BCUT2D eigenvalue weighted by atomic mass is 16.5. The van der Waals surface area contributed by atoms with Crippen LogP contribution < -0.4 is 10.1 Å². The molecule has 3 rings (SSSR count). The summed E-state index contributed by atoms with van der Waals surface area (Å²) in [5.41, 5.74) is 1.47. The first-order valence-electron chi connectivity index (χ1n) is 9.08. The van der Waals surface area contributed by atoms with Gasteiger partial charge in [0, 0.05) is 6.07 Å². The van der Waals surface area contributed by atoms with E-state index in [1.165, 1.54) is 37.1 Å². The number of carbonyl (C=O) groups excluding carboxylic acids is 3. The van der Waals surface area contributed by atoms with Crippen molar-refractivity contribution < 1.29 is 28.6 Å². The molecule has 31 heavy (non-hydrogen) atoms. The van der Waals surface area contributed by atoms with Crippen LogP contribution in [-0.2, 0) is 9.47 Å².